The van der Waals surface area contributed by atoms with E-state index in [0.29, 0.717) is 6.54 Å². The normalized spacial score (nSPS) is 15.5. The van der Waals surface area contributed by atoms with Gasteiger partial charge >= 0.3 is 6.03 Å². The predicted octanol–water partition coefficient (Wildman–Crippen LogP) is 4.41. The molecule has 0 unspecified atom stereocenters. The van der Waals surface area contributed by atoms with Crippen LogP contribution in [-0.2, 0) is 6.42 Å². The molecule has 3 nitrogen and oxygen atoms in total. The fraction of sp³-hybridized carbons (Fsp3) is 0.500. The first-order chi connectivity index (χ1) is 9.97. The molecule has 0 saturated carbocycles. The van der Waals surface area contributed by atoms with Crippen molar-refractivity contribution in [2.24, 2.45) is 5.92 Å². The maximum absolute atomic E-state index is 12.0. The number of nitrogens with one attached hydrogen (secondary N) is 1. The number of benzene rings is 1. The van der Waals surface area contributed by atoms with Crippen molar-refractivity contribution in [2.45, 2.75) is 46.5 Å². The number of carbonyl (C=O) groups excluding carboxylic acids is 1. The van der Waals surface area contributed by atoms with Gasteiger partial charge in [0.1, 0.15) is 0 Å². The molecule has 0 bridgehead atoms. The van der Waals surface area contributed by atoms with Crippen molar-refractivity contribution in [3.05, 3.63) is 41.6 Å². The van der Waals surface area contributed by atoms with E-state index in [1.807, 2.05) is 4.90 Å². The number of carbonyl (C=O) groups is 1. The molecule has 0 aromatic heterocycles. The van der Waals surface area contributed by atoms with E-state index in [-0.39, 0.29) is 6.03 Å². The molecular formula is C18H26N2O. The molecule has 1 heterocycles. The third kappa shape index (κ3) is 4.10. The average Bonchev–Trinajstić information content (AvgIpc) is 2.39. The Morgan fingerprint density at radius 3 is 2.76 bits per heavy atom. The van der Waals surface area contributed by atoms with Crippen LogP contribution in [0.4, 0.5) is 10.5 Å². The molecular weight excluding hydrogens is 260 g/mol. The van der Waals surface area contributed by atoms with Crippen LogP contribution in [0.5, 0.6) is 0 Å². The molecule has 1 aliphatic rings. The second kappa shape index (κ2) is 6.79. The van der Waals surface area contributed by atoms with Gasteiger partial charge in [-0.2, -0.15) is 0 Å². The number of urea groups is 1. The summed E-state index contributed by atoms with van der Waals surface area (Å²) in [6, 6.07) is 6.38. The molecule has 3 heteroatoms. The van der Waals surface area contributed by atoms with Crippen LogP contribution in [0.1, 0.15) is 44.2 Å². The van der Waals surface area contributed by atoms with Gasteiger partial charge in [0.05, 0.1) is 0 Å². The molecule has 2 rings (SSSR count). The van der Waals surface area contributed by atoms with E-state index >= 15 is 0 Å². The zero-order chi connectivity index (χ0) is 15.4. The Morgan fingerprint density at radius 2 is 2.14 bits per heavy atom. The van der Waals surface area contributed by atoms with Crippen LogP contribution in [0.15, 0.2) is 30.5 Å². The molecule has 2 amide bonds. The summed E-state index contributed by atoms with van der Waals surface area (Å²) in [5.41, 5.74) is 4.34. The molecule has 0 radical (unpaired) electrons. The maximum Gasteiger partial charge on any atom is 0.326 e. The van der Waals surface area contributed by atoms with E-state index in [2.05, 4.69) is 50.9 Å². The Labute approximate surface area is 128 Å². The summed E-state index contributed by atoms with van der Waals surface area (Å²) in [5.74, 6) is 0.760. The lowest BCUT2D eigenvalue weighted by molar-refractivity contribution is 0.246. The Hall–Kier alpha value is -1.77. The largest absolute Gasteiger partial charge is 0.326 e. The van der Waals surface area contributed by atoms with Gasteiger partial charge in [-0.25, -0.2) is 4.79 Å². The molecule has 0 atom stereocenters. The average molecular weight is 286 g/mol. The lowest BCUT2D eigenvalue weighted by Crippen LogP contribution is -2.45. The van der Waals surface area contributed by atoms with Crippen molar-refractivity contribution >= 4 is 11.7 Å². The summed E-state index contributed by atoms with van der Waals surface area (Å²) in [4.78, 5) is 13.9. The predicted molar refractivity (Wildman–Crippen MR) is 88.6 cm³/mol. The SMILES string of the molecule is C=C1CCN(c2ccc(CCCC(C)C)cc2C)C(=O)N1. The first-order valence-electron chi connectivity index (χ1n) is 7.83. The third-order valence-corrected chi connectivity index (χ3v) is 3.96. The fourth-order valence-corrected chi connectivity index (χ4v) is 2.75. The smallest absolute Gasteiger partial charge is 0.312 e. The minimum absolute atomic E-state index is 0.0677. The van der Waals surface area contributed by atoms with E-state index in [1.165, 1.54) is 24.0 Å². The van der Waals surface area contributed by atoms with Crippen LogP contribution in [0.3, 0.4) is 0 Å². The highest BCUT2D eigenvalue weighted by Crippen LogP contribution is 2.25. The molecule has 1 aromatic carbocycles. The Bertz CT molecular complexity index is 534. The van der Waals surface area contributed by atoms with Crippen LogP contribution in [-0.4, -0.2) is 12.6 Å². The molecule has 1 aliphatic heterocycles. The topological polar surface area (TPSA) is 32.3 Å². The van der Waals surface area contributed by atoms with Gasteiger partial charge in [-0.05, 0) is 42.9 Å². The van der Waals surface area contributed by atoms with Gasteiger partial charge < -0.3 is 5.32 Å². The van der Waals surface area contributed by atoms with Gasteiger partial charge in [-0.15, -0.1) is 0 Å². The second-order valence-electron chi connectivity index (χ2n) is 6.34. The summed E-state index contributed by atoms with van der Waals surface area (Å²) in [6.07, 6.45) is 4.40. The summed E-state index contributed by atoms with van der Waals surface area (Å²) < 4.78 is 0. The lowest BCUT2D eigenvalue weighted by Gasteiger charge is -2.30. The number of hydrogen-bond acceptors (Lipinski definition) is 1. The Kier molecular flexibility index (Phi) is 5.05. The fourth-order valence-electron chi connectivity index (χ4n) is 2.75. The number of aryl methyl sites for hydroxylation is 2. The third-order valence-electron chi connectivity index (χ3n) is 3.96. The highest BCUT2D eigenvalue weighted by atomic mass is 16.2. The van der Waals surface area contributed by atoms with Gasteiger partial charge in [0.25, 0.3) is 0 Å². The summed E-state index contributed by atoms with van der Waals surface area (Å²) in [6.45, 7) is 11.1. The lowest BCUT2D eigenvalue weighted by atomic mass is 10.0. The van der Waals surface area contributed by atoms with E-state index in [0.717, 1.165) is 30.1 Å². The molecule has 21 heavy (non-hydrogen) atoms. The zero-order valence-corrected chi connectivity index (χ0v) is 13.4. The standard InChI is InChI=1S/C18H26N2O/c1-13(2)6-5-7-16-8-9-17(14(3)12-16)20-11-10-15(4)19-18(20)21/h8-9,12-13H,4-7,10-11H2,1-3H3,(H,19,21). The molecule has 1 aromatic rings. The van der Waals surface area contributed by atoms with Crippen molar-refractivity contribution in [3.8, 4) is 0 Å². The molecule has 1 saturated heterocycles. The molecule has 0 aliphatic carbocycles. The number of anilines is 1. The monoisotopic (exact) mass is 286 g/mol. The van der Waals surface area contributed by atoms with Crippen LogP contribution >= 0.6 is 0 Å². The van der Waals surface area contributed by atoms with E-state index in [1.54, 1.807) is 0 Å². The molecule has 0 spiro atoms. The van der Waals surface area contributed by atoms with E-state index in [4.69, 9.17) is 0 Å². The molecule has 114 valence electrons. The van der Waals surface area contributed by atoms with Gasteiger partial charge in [0.15, 0.2) is 0 Å². The van der Waals surface area contributed by atoms with Crippen LogP contribution in [0, 0.1) is 12.8 Å². The molecule has 1 N–H and O–H groups in total. The Morgan fingerprint density at radius 1 is 1.38 bits per heavy atom. The number of rotatable bonds is 5. The van der Waals surface area contributed by atoms with Crippen molar-refractivity contribution in [1.82, 2.24) is 5.32 Å². The minimum Gasteiger partial charge on any atom is -0.312 e. The number of nitrogens with zero attached hydrogens (tertiary/aromatic N) is 1. The van der Waals surface area contributed by atoms with Gasteiger partial charge in [-0.3, -0.25) is 4.90 Å². The van der Waals surface area contributed by atoms with Crippen molar-refractivity contribution in [3.63, 3.8) is 0 Å². The van der Waals surface area contributed by atoms with Crippen molar-refractivity contribution in [1.29, 1.82) is 0 Å². The van der Waals surface area contributed by atoms with Gasteiger partial charge in [-0.1, -0.05) is 39.0 Å². The summed E-state index contributed by atoms with van der Waals surface area (Å²) >= 11 is 0. The van der Waals surface area contributed by atoms with Gasteiger partial charge in [0, 0.05) is 24.4 Å². The first kappa shape index (κ1) is 15.6. The highest BCUT2D eigenvalue weighted by Gasteiger charge is 2.22. The van der Waals surface area contributed by atoms with Crippen LogP contribution < -0.4 is 10.2 Å². The summed E-state index contributed by atoms with van der Waals surface area (Å²) in [5, 5.41) is 2.81. The minimum atomic E-state index is -0.0677. The van der Waals surface area contributed by atoms with E-state index < -0.39 is 0 Å². The molecule has 1 fully saturated rings. The quantitative estimate of drug-likeness (QED) is 0.854. The zero-order valence-electron chi connectivity index (χ0n) is 13.4. The van der Waals surface area contributed by atoms with E-state index in [9.17, 15) is 4.79 Å². The first-order valence-corrected chi connectivity index (χ1v) is 7.83. The summed E-state index contributed by atoms with van der Waals surface area (Å²) in [7, 11) is 0. The van der Waals surface area contributed by atoms with Crippen molar-refractivity contribution < 1.29 is 4.79 Å². The van der Waals surface area contributed by atoms with Crippen LogP contribution in [0.25, 0.3) is 0 Å². The number of hydrogen-bond donors (Lipinski definition) is 1. The van der Waals surface area contributed by atoms with Gasteiger partial charge in [0.2, 0.25) is 0 Å². The van der Waals surface area contributed by atoms with Crippen LogP contribution in [0.2, 0.25) is 0 Å². The highest BCUT2D eigenvalue weighted by molar-refractivity contribution is 5.94. The number of amides is 2. The maximum atomic E-state index is 12.0. The van der Waals surface area contributed by atoms with Crippen molar-refractivity contribution in [2.75, 3.05) is 11.4 Å². The second-order valence-corrected chi connectivity index (χ2v) is 6.34. The Balaban J connectivity index is 2.05.